The Morgan fingerprint density at radius 3 is 2.56 bits per heavy atom. The van der Waals surface area contributed by atoms with Crippen molar-refractivity contribution < 1.29 is 23.8 Å². The number of methoxy groups -OCH3 is 1. The zero-order chi connectivity index (χ0) is 19.8. The maximum absolute atomic E-state index is 12.2. The van der Waals surface area contributed by atoms with Gasteiger partial charge in [0.2, 0.25) is 0 Å². The van der Waals surface area contributed by atoms with Gasteiger partial charge in [0.15, 0.2) is 18.1 Å². The van der Waals surface area contributed by atoms with E-state index >= 15 is 0 Å². The SMILES string of the molecule is COc1cc(C(=O)OCC(=O)N[C@H](C)c2cccs2)ccc1OCC(C)C. The second-order valence-electron chi connectivity index (χ2n) is 6.45. The molecule has 1 aromatic carbocycles. The first-order chi connectivity index (χ1) is 12.9. The molecule has 1 amide bonds. The molecular weight excluding hydrogens is 366 g/mol. The highest BCUT2D eigenvalue weighted by molar-refractivity contribution is 7.10. The molecule has 7 heteroatoms. The molecule has 2 aromatic rings. The van der Waals surface area contributed by atoms with Crippen LogP contribution in [0.1, 0.15) is 42.0 Å². The number of benzene rings is 1. The molecular formula is C20H25NO5S. The minimum absolute atomic E-state index is 0.131. The first-order valence-electron chi connectivity index (χ1n) is 8.71. The van der Waals surface area contributed by atoms with Gasteiger partial charge in [0, 0.05) is 4.88 Å². The molecule has 0 spiro atoms. The molecule has 27 heavy (non-hydrogen) atoms. The Hall–Kier alpha value is -2.54. The van der Waals surface area contributed by atoms with Crippen LogP contribution in [0.3, 0.4) is 0 Å². The van der Waals surface area contributed by atoms with Gasteiger partial charge in [0.25, 0.3) is 5.91 Å². The number of carbonyl (C=O) groups is 2. The third-order valence-electron chi connectivity index (χ3n) is 3.65. The molecule has 0 radical (unpaired) electrons. The van der Waals surface area contributed by atoms with E-state index in [1.54, 1.807) is 29.5 Å². The average Bonchev–Trinajstić information content (AvgIpc) is 3.19. The predicted molar refractivity (Wildman–Crippen MR) is 104 cm³/mol. The van der Waals surface area contributed by atoms with Gasteiger partial charge in [-0.05, 0) is 42.5 Å². The van der Waals surface area contributed by atoms with E-state index in [9.17, 15) is 9.59 Å². The third-order valence-corrected chi connectivity index (χ3v) is 4.71. The number of esters is 1. The summed E-state index contributed by atoms with van der Waals surface area (Å²) in [6.45, 7) is 6.17. The average molecular weight is 391 g/mol. The van der Waals surface area contributed by atoms with E-state index in [2.05, 4.69) is 5.32 Å². The summed E-state index contributed by atoms with van der Waals surface area (Å²) in [5.41, 5.74) is 0.294. The van der Waals surface area contributed by atoms with Crippen LogP contribution in [0, 0.1) is 5.92 Å². The lowest BCUT2D eigenvalue weighted by Crippen LogP contribution is -2.30. The lowest BCUT2D eigenvalue weighted by atomic mass is 10.2. The highest BCUT2D eigenvalue weighted by Crippen LogP contribution is 2.28. The Bertz CT molecular complexity index is 758. The van der Waals surface area contributed by atoms with Gasteiger partial charge < -0.3 is 19.5 Å². The lowest BCUT2D eigenvalue weighted by Gasteiger charge is -2.14. The van der Waals surface area contributed by atoms with Crippen molar-refractivity contribution in [3.8, 4) is 11.5 Å². The molecule has 1 N–H and O–H groups in total. The third kappa shape index (κ3) is 6.29. The largest absolute Gasteiger partial charge is 0.493 e. The Balaban J connectivity index is 1.90. The quantitative estimate of drug-likeness (QED) is 0.658. The molecule has 0 aliphatic carbocycles. The van der Waals surface area contributed by atoms with E-state index in [0.717, 1.165) is 4.88 Å². The zero-order valence-corrected chi connectivity index (χ0v) is 16.8. The van der Waals surface area contributed by atoms with Crippen LogP contribution in [0.4, 0.5) is 0 Å². The van der Waals surface area contributed by atoms with Crippen LogP contribution in [0.5, 0.6) is 11.5 Å². The van der Waals surface area contributed by atoms with Crippen molar-refractivity contribution in [3.63, 3.8) is 0 Å². The summed E-state index contributed by atoms with van der Waals surface area (Å²) < 4.78 is 16.0. The zero-order valence-electron chi connectivity index (χ0n) is 16.0. The van der Waals surface area contributed by atoms with Gasteiger partial charge in [-0.25, -0.2) is 4.79 Å². The van der Waals surface area contributed by atoms with E-state index in [1.807, 2.05) is 38.3 Å². The molecule has 0 aliphatic rings. The van der Waals surface area contributed by atoms with Crippen LogP contribution in [0.2, 0.25) is 0 Å². The number of rotatable bonds is 9. The van der Waals surface area contributed by atoms with Crippen molar-refractivity contribution in [1.82, 2.24) is 5.32 Å². The Morgan fingerprint density at radius 1 is 1.15 bits per heavy atom. The van der Waals surface area contributed by atoms with Gasteiger partial charge in [0.05, 0.1) is 25.3 Å². The van der Waals surface area contributed by atoms with Gasteiger partial charge in [-0.2, -0.15) is 0 Å². The Kier molecular flexibility index (Phi) is 7.67. The minimum Gasteiger partial charge on any atom is -0.493 e. The number of amides is 1. The molecule has 2 rings (SSSR count). The second kappa shape index (κ2) is 9.97. The smallest absolute Gasteiger partial charge is 0.338 e. The summed E-state index contributed by atoms with van der Waals surface area (Å²) in [6.07, 6.45) is 0. The fraction of sp³-hybridized carbons (Fsp3) is 0.400. The van der Waals surface area contributed by atoms with E-state index < -0.39 is 5.97 Å². The van der Waals surface area contributed by atoms with Crippen molar-refractivity contribution in [1.29, 1.82) is 0 Å². The topological polar surface area (TPSA) is 73.9 Å². The molecule has 0 saturated carbocycles. The fourth-order valence-electron chi connectivity index (χ4n) is 2.28. The molecule has 0 saturated heterocycles. The normalized spacial score (nSPS) is 11.7. The van der Waals surface area contributed by atoms with Crippen molar-refractivity contribution >= 4 is 23.2 Å². The number of ether oxygens (including phenoxy) is 3. The fourth-order valence-corrected chi connectivity index (χ4v) is 3.01. The number of hydrogen-bond donors (Lipinski definition) is 1. The van der Waals surface area contributed by atoms with Crippen LogP contribution in [-0.4, -0.2) is 32.2 Å². The molecule has 1 aromatic heterocycles. The number of thiophene rings is 1. The first-order valence-corrected chi connectivity index (χ1v) is 9.59. The molecule has 0 fully saturated rings. The number of nitrogens with one attached hydrogen (secondary N) is 1. The monoisotopic (exact) mass is 391 g/mol. The van der Waals surface area contributed by atoms with Crippen molar-refractivity contribution in [2.24, 2.45) is 5.92 Å². The van der Waals surface area contributed by atoms with E-state index in [0.29, 0.717) is 29.6 Å². The van der Waals surface area contributed by atoms with Gasteiger partial charge >= 0.3 is 5.97 Å². The van der Waals surface area contributed by atoms with E-state index in [-0.39, 0.29) is 18.6 Å². The highest BCUT2D eigenvalue weighted by Gasteiger charge is 2.16. The van der Waals surface area contributed by atoms with Gasteiger partial charge in [-0.15, -0.1) is 11.3 Å². The minimum atomic E-state index is -0.595. The standard InChI is InChI=1S/C20H25NO5S/c1-13(2)11-25-16-8-7-15(10-17(16)24-4)20(23)26-12-19(22)21-14(3)18-6-5-9-27-18/h5-10,13-14H,11-12H2,1-4H3,(H,21,22)/t14-/m1/s1. The molecule has 6 nitrogen and oxygen atoms in total. The maximum atomic E-state index is 12.2. The molecule has 0 aliphatic heterocycles. The van der Waals surface area contributed by atoms with Crippen molar-refractivity contribution in [2.45, 2.75) is 26.8 Å². The lowest BCUT2D eigenvalue weighted by molar-refractivity contribution is -0.124. The molecule has 146 valence electrons. The van der Waals surface area contributed by atoms with Gasteiger partial charge in [0.1, 0.15) is 0 Å². The summed E-state index contributed by atoms with van der Waals surface area (Å²) in [5, 5.41) is 4.74. The first kappa shape index (κ1) is 20.8. The predicted octanol–water partition coefficient (Wildman–Crippen LogP) is 3.83. The summed E-state index contributed by atoms with van der Waals surface area (Å²) in [6, 6.07) is 8.53. The summed E-state index contributed by atoms with van der Waals surface area (Å²) in [5.74, 6) is 0.427. The molecule has 1 heterocycles. The summed E-state index contributed by atoms with van der Waals surface area (Å²) >= 11 is 1.56. The van der Waals surface area contributed by atoms with Crippen LogP contribution in [-0.2, 0) is 9.53 Å². The van der Waals surface area contributed by atoms with E-state index in [1.165, 1.54) is 7.11 Å². The highest BCUT2D eigenvalue weighted by atomic mass is 32.1. The summed E-state index contributed by atoms with van der Waals surface area (Å²) in [4.78, 5) is 25.2. The van der Waals surface area contributed by atoms with Crippen LogP contribution in [0.25, 0.3) is 0 Å². The molecule has 1 atom stereocenters. The molecule has 0 unspecified atom stereocenters. The van der Waals surface area contributed by atoms with Gasteiger partial charge in [-0.1, -0.05) is 19.9 Å². The van der Waals surface area contributed by atoms with Crippen LogP contribution in [0.15, 0.2) is 35.7 Å². The van der Waals surface area contributed by atoms with Crippen molar-refractivity contribution in [3.05, 3.63) is 46.2 Å². The van der Waals surface area contributed by atoms with Gasteiger partial charge in [-0.3, -0.25) is 4.79 Å². The Labute approximate surface area is 163 Å². The van der Waals surface area contributed by atoms with E-state index in [4.69, 9.17) is 14.2 Å². The number of carbonyl (C=O) groups excluding carboxylic acids is 2. The maximum Gasteiger partial charge on any atom is 0.338 e. The number of hydrogen-bond acceptors (Lipinski definition) is 6. The van der Waals surface area contributed by atoms with Crippen LogP contribution >= 0.6 is 11.3 Å². The Morgan fingerprint density at radius 2 is 1.93 bits per heavy atom. The molecule has 0 bridgehead atoms. The summed E-state index contributed by atoms with van der Waals surface area (Å²) in [7, 11) is 1.51. The second-order valence-corrected chi connectivity index (χ2v) is 7.43. The van der Waals surface area contributed by atoms with Crippen molar-refractivity contribution in [2.75, 3.05) is 20.3 Å². The van der Waals surface area contributed by atoms with Crippen LogP contribution < -0.4 is 14.8 Å².